The topological polar surface area (TPSA) is 0 Å². The van der Waals surface area contributed by atoms with Crippen molar-refractivity contribution in [3.8, 4) is 11.5 Å². The Morgan fingerprint density at radius 1 is 0.850 bits per heavy atom. The van der Waals surface area contributed by atoms with Crippen LogP contribution in [0.25, 0.3) is 0 Å². The lowest BCUT2D eigenvalue weighted by Gasteiger charge is -2.37. The standard InChI is InChI=1S/C19H36Si/c1-8-9-10-11-12-13-14-15-16-20(17(2)3,18(4)5)19(6)7/h13-14,17-19H,8-12H2,1-7H3/b14-13-. The van der Waals surface area contributed by atoms with Crippen molar-refractivity contribution in [1.82, 2.24) is 0 Å². The first kappa shape index (κ1) is 19.5. The minimum absolute atomic E-state index is 0.730. The minimum Gasteiger partial charge on any atom is -0.126 e. The molecule has 0 aromatic rings. The number of allylic oxidation sites excluding steroid dienone is 2. The molecule has 0 N–H and O–H groups in total. The van der Waals surface area contributed by atoms with E-state index in [1.807, 2.05) is 0 Å². The molecule has 0 fully saturated rings. The maximum Gasteiger partial charge on any atom is 0.146 e. The predicted octanol–water partition coefficient (Wildman–Crippen LogP) is 6.73. The summed E-state index contributed by atoms with van der Waals surface area (Å²) in [7, 11) is -1.52. The van der Waals surface area contributed by atoms with Crippen LogP contribution in [0, 0.1) is 11.5 Å². The lowest BCUT2D eigenvalue weighted by molar-refractivity contribution is 0.674. The first-order valence-electron chi connectivity index (χ1n) is 8.57. The van der Waals surface area contributed by atoms with Gasteiger partial charge in [-0.25, -0.2) is 0 Å². The van der Waals surface area contributed by atoms with E-state index in [2.05, 4.69) is 72.1 Å². The van der Waals surface area contributed by atoms with E-state index in [0.29, 0.717) is 0 Å². The SMILES string of the molecule is CCCCCC/C=C\C#C[Si](C(C)C)(C(C)C)C(C)C. The second-order valence-electron chi connectivity index (χ2n) is 6.92. The molecule has 116 valence electrons. The number of rotatable bonds is 8. The second-order valence-corrected chi connectivity index (χ2v) is 12.5. The molecule has 0 spiro atoms. The number of hydrogen-bond donors (Lipinski definition) is 0. The normalized spacial score (nSPS) is 12.5. The number of hydrogen-bond acceptors (Lipinski definition) is 0. The molecule has 0 atom stereocenters. The van der Waals surface area contributed by atoms with Gasteiger partial charge >= 0.3 is 0 Å². The molecule has 0 aliphatic carbocycles. The van der Waals surface area contributed by atoms with Crippen LogP contribution in [-0.4, -0.2) is 8.07 Å². The zero-order valence-corrected chi connectivity index (χ0v) is 15.9. The lowest BCUT2D eigenvalue weighted by atomic mass is 10.1. The Balaban J connectivity index is 4.62. The van der Waals surface area contributed by atoms with Gasteiger partial charge in [0.1, 0.15) is 8.07 Å². The molecule has 0 rings (SSSR count). The first-order valence-corrected chi connectivity index (χ1v) is 10.8. The van der Waals surface area contributed by atoms with Gasteiger partial charge in [-0.1, -0.05) is 79.7 Å². The van der Waals surface area contributed by atoms with Crippen LogP contribution in [0.1, 0.15) is 80.6 Å². The molecule has 0 aromatic heterocycles. The van der Waals surface area contributed by atoms with Gasteiger partial charge in [-0.05, 0) is 35.5 Å². The van der Waals surface area contributed by atoms with Crippen LogP contribution in [0.3, 0.4) is 0 Å². The second kappa shape index (κ2) is 10.3. The van der Waals surface area contributed by atoms with Crippen LogP contribution in [0.4, 0.5) is 0 Å². The zero-order chi connectivity index (χ0) is 15.6. The van der Waals surface area contributed by atoms with Gasteiger partial charge < -0.3 is 0 Å². The molecule has 0 radical (unpaired) electrons. The summed E-state index contributed by atoms with van der Waals surface area (Å²) in [5.74, 6) is 3.39. The van der Waals surface area contributed by atoms with Crippen LogP contribution in [-0.2, 0) is 0 Å². The molecule has 0 aromatic carbocycles. The summed E-state index contributed by atoms with van der Waals surface area (Å²) in [5, 5.41) is 0. The Bertz CT molecular complexity index is 304. The number of unbranched alkanes of at least 4 members (excludes halogenated alkanes) is 4. The van der Waals surface area contributed by atoms with Crippen LogP contribution in [0.5, 0.6) is 0 Å². The largest absolute Gasteiger partial charge is 0.146 e. The highest BCUT2D eigenvalue weighted by Crippen LogP contribution is 2.40. The summed E-state index contributed by atoms with van der Waals surface area (Å²) < 4.78 is 0. The van der Waals surface area contributed by atoms with E-state index in [-0.39, 0.29) is 0 Å². The van der Waals surface area contributed by atoms with Crippen LogP contribution < -0.4 is 0 Å². The highest BCUT2D eigenvalue weighted by Gasteiger charge is 2.41. The molecule has 0 heterocycles. The van der Waals surface area contributed by atoms with Crippen LogP contribution >= 0.6 is 0 Å². The molecule has 1 heteroatoms. The molecular formula is C19H36Si. The van der Waals surface area contributed by atoms with E-state index in [1.54, 1.807) is 0 Å². The third kappa shape index (κ3) is 5.88. The highest BCUT2D eigenvalue weighted by molar-refractivity contribution is 6.90. The van der Waals surface area contributed by atoms with Crippen molar-refractivity contribution in [2.75, 3.05) is 0 Å². The van der Waals surface area contributed by atoms with E-state index in [1.165, 1.54) is 32.1 Å². The summed E-state index contributed by atoms with van der Waals surface area (Å²) in [6.07, 6.45) is 10.9. The average molecular weight is 293 g/mol. The van der Waals surface area contributed by atoms with Gasteiger partial charge in [-0.15, -0.1) is 5.54 Å². The molecule has 0 unspecified atom stereocenters. The van der Waals surface area contributed by atoms with Crippen molar-refractivity contribution in [2.45, 2.75) is 97.2 Å². The lowest BCUT2D eigenvalue weighted by Crippen LogP contribution is -2.43. The van der Waals surface area contributed by atoms with E-state index in [9.17, 15) is 0 Å². The predicted molar refractivity (Wildman–Crippen MR) is 96.7 cm³/mol. The van der Waals surface area contributed by atoms with Gasteiger partial charge in [0.25, 0.3) is 0 Å². The van der Waals surface area contributed by atoms with Gasteiger partial charge in [0.15, 0.2) is 0 Å². The van der Waals surface area contributed by atoms with Crippen molar-refractivity contribution < 1.29 is 0 Å². The summed E-state index contributed by atoms with van der Waals surface area (Å²) in [6, 6.07) is 0. The Kier molecular flexibility index (Phi) is 10.0. The average Bonchev–Trinajstić information content (AvgIpc) is 2.35. The van der Waals surface area contributed by atoms with E-state index in [4.69, 9.17) is 0 Å². The first-order chi connectivity index (χ1) is 9.39. The van der Waals surface area contributed by atoms with Gasteiger partial charge in [0.2, 0.25) is 0 Å². The molecule has 0 saturated carbocycles. The van der Waals surface area contributed by atoms with Crippen LogP contribution in [0.2, 0.25) is 16.6 Å². The highest BCUT2D eigenvalue weighted by atomic mass is 28.3. The monoisotopic (exact) mass is 292 g/mol. The molecule has 0 aliphatic rings. The van der Waals surface area contributed by atoms with Crippen LogP contribution in [0.15, 0.2) is 12.2 Å². The van der Waals surface area contributed by atoms with Crippen molar-refractivity contribution in [3.05, 3.63) is 12.2 Å². The van der Waals surface area contributed by atoms with E-state index < -0.39 is 8.07 Å². The fourth-order valence-electron chi connectivity index (χ4n) is 3.43. The molecule has 0 aliphatic heterocycles. The minimum atomic E-state index is -1.52. The summed E-state index contributed by atoms with van der Waals surface area (Å²) in [4.78, 5) is 0. The fourth-order valence-corrected chi connectivity index (χ4v) is 8.63. The Labute approximate surface area is 129 Å². The maximum atomic E-state index is 3.74. The van der Waals surface area contributed by atoms with Crippen molar-refractivity contribution in [1.29, 1.82) is 0 Å². The van der Waals surface area contributed by atoms with Crippen molar-refractivity contribution in [2.24, 2.45) is 0 Å². The van der Waals surface area contributed by atoms with Gasteiger partial charge in [-0.2, -0.15) is 0 Å². The molecule has 0 amide bonds. The smallest absolute Gasteiger partial charge is 0.126 e. The third-order valence-corrected chi connectivity index (χ3v) is 10.9. The van der Waals surface area contributed by atoms with Crippen molar-refractivity contribution in [3.63, 3.8) is 0 Å². The summed E-state index contributed by atoms with van der Waals surface area (Å²) in [6.45, 7) is 16.5. The van der Waals surface area contributed by atoms with Crippen molar-refractivity contribution >= 4 is 8.07 Å². The van der Waals surface area contributed by atoms with Gasteiger partial charge in [0.05, 0.1) is 0 Å². The molecule has 20 heavy (non-hydrogen) atoms. The molecule has 0 saturated heterocycles. The quantitative estimate of drug-likeness (QED) is 0.264. The Morgan fingerprint density at radius 3 is 1.85 bits per heavy atom. The third-order valence-electron chi connectivity index (χ3n) is 4.58. The summed E-state index contributed by atoms with van der Waals surface area (Å²) in [5.41, 5.74) is 5.92. The Morgan fingerprint density at radius 2 is 1.40 bits per heavy atom. The molecular weight excluding hydrogens is 256 g/mol. The van der Waals surface area contributed by atoms with Gasteiger partial charge in [-0.3, -0.25) is 0 Å². The van der Waals surface area contributed by atoms with Gasteiger partial charge in [0, 0.05) is 0 Å². The Hall–Kier alpha value is -0.483. The molecule has 0 nitrogen and oxygen atoms in total. The van der Waals surface area contributed by atoms with E-state index in [0.717, 1.165) is 16.6 Å². The fraction of sp³-hybridized carbons (Fsp3) is 0.789. The van der Waals surface area contributed by atoms with E-state index >= 15 is 0 Å². The zero-order valence-electron chi connectivity index (χ0n) is 14.9. The molecule has 0 bridgehead atoms. The maximum absolute atomic E-state index is 3.74. The summed E-state index contributed by atoms with van der Waals surface area (Å²) >= 11 is 0.